The standard InChI is InChI=1S/C6H14NO.C6H12O6/c1-7(2,3)4-6-5-8-6;7-1-3(9)5(11)6(12)4(10)2-8/h6H,4-5H2,1-3H3;1,3-6,8-12H,2H2/q+1;/t;3-,4+,5+,6+/m.0/s1. The topological polar surface area (TPSA) is 131 Å². The predicted molar refractivity (Wildman–Crippen MR) is 69.8 cm³/mol. The summed E-state index contributed by atoms with van der Waals surface area (Å²) >= 11 is 0. The second kappa shape index (κ2) is 8.63. The molecule has 8 nitrogen and oxygen atoms in total. The molecule has 20 heavy (non-hydrogen) atoms. The molecular weight excluding hydrogens is 270 g/mol. The Morgan fingerprint density at radius 1 is 1.20 bits per heavy atom. The van der Waals surface area contributed by atoms with Crippen LogP contribution in [0.2, 0.25) is 0 Å². The minimum atomic E-state index is -1.79. The van der Waals surface area contributed by atoms with Gasteiger partial charge in [-0.25, -0.2) is 0 Å². The van der Waals surface area contributed by atoms with Crippen LogP contribution in [0.3, 0.4) is 0 Å². The molecule has 0 aliphatic carbocycles. The summed E-state index contributed by atoms with van der Waals surface area (Å²) in [6.45, 7) is 1.37. The first-order valence-corrected chi connectivity index (χ1v) is 6.33. The van der Waals surface area contributed by atoms with Gasteiger partial charge < -0.3 is 39.5 Å². The van der Waals surface area contributed by atoms with Gasteiger partial charge in [-0.15, -0.1) is 0 Å². The fourth-order valence-corrected chi connectivity index (χ4v) is 1.40. The third-order valence-electron chi connectivity index (χ3n) is 2.57. The third kappa shape index (κ3) is 8.54. The van der Waals surface area contributed by atoms with Crippen LogP contribution in [0.15, 0.2) is 0 Å². The van der Waals surface area contributed by atoms with E-state index >= 15 is 0 Å². The van der Waals surface area contributed by atoms with Gasteiger partial charge in [-0.05, 0) is 0 Å². The largest absolute Gasteiger partial charge is 0.394 e. The van der Waals surface area contributed by atoms with Gasteiger partial charge in [0.1, 0.15) is 37.1 Å². The van der Waals surface area contributed by atoms with Crippen LogP contribution in [-0.2, 0) is 9.53 Å². The zero-order chi connectivity index (χ0) is 15.9. The monoisotopic (exact) mass is 296 g/mol. The van der Waals surface area contributed by atoms with E-state index in [0.29, 0.717) is 6.10 Å². The van der Waals surface area contributed by atoms with E-state index in [-0.39, 0.29) is 6.29 Å². The Morgan fingerprint density at radius 3 is 1.95 bits per heavy atom. The molecule has 0 bridgehead atoms. The maximum absolute atomic E-state index is 9.90. The molecule has 1 rings (SSSR count). The van der Waals surface area contributed by atoms with Crippen LogP contribution < -0.4 is 0 Å². The second-order valence-corrected chi connectivity index (χ2v) is 5.79. The molecule has 1 saturated heterocycles. The Labute approximate surface area is 118 Å². The van der Waals surface area contributed by atoms with Crippen molar-refractivity contribution in [2.75, 3.05) is 40.9 Å². The van der Waals surface area contributed by atoms with Gasteiger partial charge in [-0.3, -0.25) is 0 Å². The molecule has 1 aliphatic heterocycles. The molecule has 120 valence electrons. The van der Waals surface area contributed by atoms with Crippen molar-refractivity contribution in [2.45, 2.75) is 30.5 Å². The molecular formula is C12H26NO7+. The second-order valence-electron chi connectivity index (χ2n) is 5.79. The first kappa shape index (κ1) is 19.4. The summed E-state index contributed by atoms with van der Waals surface area (Å²) in [4.78, 5) is 9.90. The molecule has 8 heteroatoms. The molecule has 5 atom stereocenters. The number of hydrogen-bond acceptors (Lipinski definition) is 7. The van der Waals surface area contributed by atoms with Crippen LogP contribution in [0.25, 0.3) is 0 Å². The third-order valence-corrected chi connectivity index (χ3v) is 2.57. The van der Waals surface area contributed by atoms with Crippen molar-refractivity contribution in [1.82, 2.24) is 0 Å². The van der Waals surface area contributed by atoms with E-state index in [1.807, 2.05) is 0 Å². The number of hydrogen-bond donors (Lipinski definition) is 5. The van der Waals surface area contributed by atoms with E-state index in [9.17, 15) is 4.79 Å². The molecule has 0 amide bonds. The quantitative estimate of drug-likeness (QED) is 0.189. The predicted octanol–water partition coefficient (Wildman–Crippen LogP) is -3.29. The minimum absolute atomic E-state index is 0.0258. The Balaban J connectivity index is 0.000000388. The summed E-state index contributed by atoms with van der Waals surface area (Å²) in [7, 11) is 6.55. The zero-order valence-corrected chi connectivity index (χ0v) is 12.1. The molecule has 0 radical (unpaired) electrons. The van der Waals surface area contributed by atoms with Crippen LogP contribution in [0, 0.1) is 0 Å². The Bertz CT molecular complexity index is 277. The van der Waals surface area contributed by atoms with Crippen molar-refractivity contribution in [3.63, 3.8) is 0 Å². The fraction of sp³-hybridized carbons (Fsp3) is 0.917. The molecule has 1 aliphatic rings. The molecule has 0 aromatic carbocycles. The molecule has 5 N–H and O–H groups in total. The SMILES string of the molecule is C[N+](C)(C)CC1CO1.O=C[C@H](O)[C@@H](O)[C@H](O)[C@H](O)CO. The highest BCUT2D eigenvalue weighted by Gasteiger charge is 2.29. The maximum atomic E-state index is 9.90. The summed E-state index contributed by atoms with van der Waals surface area (Å²) in [6.07, 6.45) is -6.27. The number of quaternary nitrogens is 1. The van der Waals surface area contributed by atoms with Gasteiger partial charge in [0, 0.05) is 0 Å². The van der Waals surface area contributed by atoms with Gasteiger partial charge in [0.15, 0.2) is 6.29 Å². The smallest absolute Gasteiger partial charge is 0.151 e. The van der Waals surface area contributed by atoms with Gasteiger partial charge in [-0.1, -0.05) is 0 Å². The highest BCUT2D eigenvalue weighted by Crippen LogP contribution is 2.11. The van der Waals surface area contributed by atoms with E-state index in [4.69, 9.17) is 30.3 Å². The van der Waals surface area contributed by atoms with E-state index in [2.05, 4.69) is 21.1 Å². The minimum Gasteiger partial charge on any atom is -0.394 e. The normalized spacial score (nSPS) is 23.9. The number of aliphatic hydroxyl groups is 5. The van der Waals surface area contributed by atoms with Gasteiger partial charge in [0.25, 0.3) is 0 Å². The number of rotatable bonds is 7. The zero-order valence-electron chi connectivity index (χ0n) is 12.1. The summed E-state index contributed by atoms with van der Waals surface area (Å²) < 4.78 is 6.09. The lowest BCUT2D eigenvalue weighted by Gasteiger charge is -2.22. The molecule has 0 spiro atoms. The van der Waals surface area contributed by atoms with Gasteiger partial charge in [0.05, 0.1) is 34.4 Å². The molecule has 0 aromatic heterocycles. The van der Waals surface area contributed by atoms with Crippen molar-refractivity contribution in [1.29, 1.82) is 0 Å². The van der Waals surface area contributed by atoms with Gasteiger partial charge in [-0.2, -0.15) is 0 Å². The Morgan fingerprint density at radius 2 is 1.70 bits per heavy atom. The van der Waals surface area contributed by atoms with Crippen LogP contribution in [-0.4, -0.2) is 108 Å². The number of likely N-dealkylation sites (N-methyl/N-ethyl adjacent to an activating group) is 1. The highest BCUT2D eigenvalue weighted by atomic mass is 16.6. The summed E-state index contributed by atoms with van der Waals surface area (Å²) in [5.41, 5.74) is 0. The highest BCUT2D eigenvalue weighted by molar-refractivity contribution is 5.56. The molecule has 1 fully saturated rings. The number of epoxide rings is 1. The Hall–Kier alpha value is -0.610. The van der Waals surface area contributed by atoms with Crippen LogP contribution in [0.5, 0.6) is 0 Å². The number of aldehydes is 1. The van der Waals surface area contributed by atoms with E-state index < -0.39 is 31.0 Å². The number of carbonyl (C=O) groups excluding carboxylic acids is 1. The van der Waals surface area contributed by atoms with Crippen molar-refractivity contribution < 1.29 is 39.5 Å². The Kier molecular flexibility index (Phi) is 8.36. The number of carbonyl (C=O) groups is 1. The van der Waals surface area contributed by atoms with Crippen molar-refractivity contribution in [3.05, 3.63) is 0 Å². The van der Waals surface area contributed by atoms with Crippen molar-refractivity contribution >= 4 is 6.29 Å². The van der Waals surface area contributed by atoms with E-state index in [1.165, 1.54) is 0 Å². The fourth-order valence-electron chi connectivity index (χ4n) is 1.40. The molecule has 1 unspecified atom stereocenters. The first-order valence-electron chi connectivity index (χ1n) is 6.33. The summed E-state index contributed by atoms with van der Waals surface area (Å²) in [5.74, 6) is 0. The van der Waals surface area contributed by atoms with Crippen molar-refractivity contribution in [2.24, 2.45) is 0 Å². The lowest BCUT2D eigenvalue weighted by atomic mass is 10.0. The molecule has 1 heterocycles. The van der Waals surface area contributed by atoms with E-state index in [0.717, 1.165) is 17.6 Å². The summed E-state index contributed by atoms with van der Waals surface area (Å²) in [5, 5.41) is 43.5. The molecule has 0 saturated carbocycles. The number of nitrogens with zero attached hydrogens (tertiary/aromatic N) is 1. The van der Waals surface area contributed by atoms with Gasteiger partial charge in [0.2, 0.25) is 0 Å². The first-order chi connectivity index (χ1) is 9.12. The number of ether oxygens (including phenoxy) is 1. The average molecular weight is 296 g/mol. The van der Waals surface area contributed by atoms with E-state index in [1.54, 1.807) is 0 Å². The maximum Gasteiger partial charge on any atom is 0.151 e. The van der Waals surface area contributed by atoms with Crippen LogP contribution in [0.4, 0.5) is 0 Å². The molecule has 0 aromatic rings. The van der Waals surface area contributed by atoms with Gasteiger partial charge >= 0.3 is 0 Å². The summed E-state index contributed by atoms with van der Waals surface area (Å²) in [6, 6.07) is 0. The van der Waals surface area contributed by atoms with Crippen LogP contribution in [0.1, 0.15) is 0 Å². The lowest BCUT2D eigenvalue weighted by molar-refractivity contribution is -0.870. The van der Waals surface area contributed by atoms with Crippen LogP contribution >= 0.6 is 0 Å². The average Bonchev–Trinajstić information content (AvgIpc) is 3.17. The number of aliphatic hydroxyl groups excluding tert-OH is 5. The lowest BCUT2D eigenvalue weighted by Crippen LogP contribution is -2.46. The van der Waals surface area contributed by atoms with Crippen molar-refractivity contribution in [3.8, 4) is 0 Å².